The molecular formula is C15H19NO. The Morgan fingerprint density at radius 3 is 2.65 bits per heavy atom. The second kappa shape index (κ2) is 4.52. The van der Waals surface area contributed by atoms with Crippen molar-refractivity contribution in [2.75, 3.05) is 6.54 Å². The molecule has 1 amide bonds. The van der Waals surface area contributed by atoms with E-state index >= 15 is 0 Å². The number of carbonyl (C=O) groups is 1. The molecule has 1 atom stereocenters. The summed E-state index contributed by atoms with van der Waals surface area (Å²) in [7, 11) is 0. The summed E-state index contributed by atoms with van der Waals surface area (Å²) in [5, 5.41) is 3.05. The maximum absolute atomic E-state index is 11.8. The number of hydrogen-bond donors (Lipinski definition) is 1. The molecule has 1 N–H and O–H groups in total. The van der Waals surface area contributed by atoms with Crippen molar-refractivity contribution in [1.29, 1.82) is 0 Å². The van der Waals surface area contributed by atoms with Gasteiger partial charge in [0.15, 0.2) is 0 Å². The number of rotatable bonds is 1. The number of benzene rings is 1. The summed E-state index contributed by atoms with van der Waals surface area (Å²) < 4.78 is 0. The number of nitrogens with one attached hydrogen (secondary N) is 1. The largest absolute Gasteiger partial charge is 0.351 e. The van der Waals surface area contributed by atoms with Gasteiger partial charge >= 0.3 is 0 Å². The highest BCUT2D eigenvalue weighted by molar-refractivity contribution is 5.97. The fourth-order valence-electron chi connectivity index (χ4n) is 3.39. The quantitative estimate of drug-likeness (QED) is 0.787. The highest BCUT2D eigenvalue weighted by Crippen LogP contribution is 2.38. The minimum atomic E-state index is 0.104. The third-order valence-corrected chi connectivity index (χ3v) is 4.31. The van der Waals surface area contributed by atoms with Gasteiger partial charge in [-0.15, -0.1) is 0 Å². The van der Waals surface area contributed by atoms with Gasteiger partial charge < -0.3 is 5.32 Å². The predicted octanol–water partition coefficient (Wildman–Crippen LogP) is 3.09. The van der Waals surface area contributed by atoms with E-state index in [2.05, 4.69) is 17.4 Å². The molecule has 0 unspecified atom stereocenters. The monoisotopic (exact) mass is 229 g/mol. The van der Waals surface area contributed by atoms with Crippen LogP contribution in [0.1, 0.15) is 53.9 Å². The second-order valence-corrected chi connectivity index (χ2v) is 5.30. The molecule has 1 aliphatic heterocycles. The third-order valence-electron chi connectivity index (χ3n) is 4.31. The first kappa shape index (κ1) is 10.8. The summed E-state index contributed by atoms with van der Waals surface area (Å²) >= 11 is 0. The summed E-state index contributed by atoms with van der Waals surface area (Å²) in [6.45, 7) is 0.834. The Morgan fingerprint density at radius 1 is 1.06 bits per heavy atom. The average molecular weight is 229 g/mol. The smallest absolute Gasteiger partial charge is 0.251 e. The lowest BCUT2D eigenvalue weighted by molar-refractivity contribution is 0.0931. The Morgan fingerprint density at radius 2 is 1.82 bits per heavy atom. The summed E-state index contributed by atoms with van der Waals surface area (Å²) in [6, 6.07) is 8.13. The van der Waals surface area contributed by atoms with E-state index in [-0.39, 0.29) is 5.91 Å². The Hall–Kier alpha value is -1.31. The zero-order valence-electron chi connectivity index (χ0n) is 10.1. The van der Waals surface area contributed by atoms with Gasteiger partial charge in [0.1, 0.15) is 0 Å². The number of fused-ring (bicyclic) bond motifs is 1. The molecule has 1 heterocycles. The van der Waals surface area contributed by atoms with Crippen LogP contribution in [-0.2, 0) is 0 Å². The SMILES string of the molecule is O=C1NC[C@@H](C2CCCCC2)c2ccccc21. The van der Waals surface area contributed by atoms with Crippen molar-refractivity contribution in [2.24, 2.45) is 5.92 Å². The third kappa shape index (κ3) is 1.97. The van der Waals surface area contributed by atoms with E-state index in [1.54, 1.807) is 0 Å². The summed E-state index contributed by atoms with van der Waals surface area (Å²) in [6.07, 6.45) is 6.76. The second-order valence-electron chi connectivity index (χ2n) is 5.30. The van der Waals surface area contributed by atoms with Crippen molar-refractivity contribution in [2.45, 2.75) is 38.0 Å². The van der Waals surface area contributed by atoms with Gasteiger partial charge in [-0.3, -0.25) is 4.79 Å². The molecule has 90 valence electrons. The van der Waals surface area contributed by atoms with Gasteiger partial charge in [0.25, 0.3) is 5.91 Å². The number of carbonyl (C=O) groups excluding carboxylic acids is 1. The van der Waals surface area contributed by atoms with Gasteiger partial charge in [-0.1, -0.05) is 37.5 Å². The van der Waals surface area contributed by atoms with Crippen LogP contribution in [0.5, 0.6) is 0 Å². The Bertz CT molecular complexity index is 421. The first-order valence-corrected chi connectivity index (χ1v) is 6.73. The Balaban J connectivity index is 1.91. The molecule has 0 aromatic heterocycles. The molecule has 3 rings (SSSR count). The van der Waals surface area contributed by atoms with E-state index in [4.69, 9.17) is 0 Å². The topological polar surface area (TPSA) is 29.1 Å². The van der Waals surface area contributed by atoms with Crippen molar-refractivity contribution >= 4 is 5.91 Å². The number of hydrogen-bond acceptors (Lipinski definition) is 1. The molecule has 2 aliphatic rings. The minimum Gasteiger partial charge on any atom is -0.351 e. The van der Waals surface area contributed by atoms with Crippen LogP contribution < -0.4 is 5.32 Å². The molecule has 2 heteroatoms. The average Bonchev–Trinajstić information content (AvgIpc) is 2.41. The van der Waals surface area contributed by atoms with E-state index in [9.17, 15) is 4.79 Å². The van der Waals surface area contributed by atoms with Crippen molar-refractivity contribution in [1.82, 2.24) is 5.32 Å². The normalized spacial score (nSPS) is 25.2. The first-order valence-electron chi connectivity index (χ1n) is 6.73. The fourth-order valence-corrected chi connectivity index (χ4v) is 3.39. The molecule has 0 saturated heterocycles. The van der Waals surface area contributed by atoms with Crippen LogP contribution >= 0.6 is 0 Å². The van der Waals surface area contributed by atoms with Crippen LogP contribution in [0.3, 0.4) is 0 Å². The Kier molecular flexibility index (Phi) is 2.87. The van der Waals surface area contributed by atoms with Crippen molar-refractivity contribution in [3.63, 3.8) is 0 Å². The van der Waals surface area contributed by atoms with Gasteiger partial charge in [-0.2, -0.15) is 0 Å². The van der Waals surface area contributed by atoms with Crippen LogP contribution in [0.4, 0.5) is 0 Å². The zero-order chi connectivity index (χ0) is 11.7. The van der Waals surface area contributed by atoms with Gasteiger partial charge in [0, 0.05) is 18.0 Å². The summed E-state index contributed by atoms with van der Waals surface area (Å²) in [5.74, 6) is 1.42. The fraction of sp³-hybridized carbons (Fsp3) is 0.533. The first-order chi connectivity index (χ1) is 8.36. The van der Waals surface area contributed by atoms with Crippen molar-refractivity contribution < 1.29 is 4.79 Å². The van der Waals surface area contributed by atoms with E-state index in [0.717, 1.165) is 18.0 Å². The predicted molar refractivity (Wildman–Crippen MR) is 68.1 cm³/mol. The van der Waals surface area contributed by atoms with Gasteiger partial charge in [0.05, 0.1) is 0 Å². The van der Waals surface area contributed by atoms with Gasteiger partial charge in [-0.05, 0) is 30.4 Å². The van der Waals surface area contributed by atoms with Crippen LogP contribution in [0, 0.1) is 5.92 Å². The summed E-state index contributed by atoms with van der Waals surface area (Å²) in [5.41, 5.74) is 2.18. The molecule has 1 aliphatic carbocycles. The molecule has 1 aromatic rings. The van der Waals surface area contributed by atoms with Crippen LogP contribution in [0.25, 0.3) is 0 Å². The molecule has 0 bridgehead atoms. The molecule has 2 nitrogen and oxygen atoms in total. The minimum absolute atomic E-state index is 0.104. The molecule has 1 saturated carbocycles. The highest BCUT2D eigenvalue weighted by Gasteiger charge is 2.31. The maximum atomic E-state index is 11.8. The lowest BCUT2D eigenvalue weighted by Gasteiger charge is -2.34. The van der Waals surface area contributed by atoms with Crippen molar-refractivity contribution in [3.8, 4) is 0 Å². The Labute approximate surface area is 102 Å². The van der Waals surface area contributed by atoms with Crippen molar-refractivity contribution in [3.05, 3.63) is 35.4 Å². The van der Waals surface area contributed by atoms with E-state index in [0.29, 0.717) is 5.92 Å². The van der Waals surface area contributed by atoms with E-state index in [1.165, 1.54) is 37.7 Å². The van der Waals surface area contributed by atoms with Crippen LogP contribution in [-0.4, -0.2) is 12.5 Å². The summed E-state index contributed by atoms with van der Waals surface area (Å²) in [4.78, 5) is 11.8. The lowest BCUT2D eigenvalue weighted by Crippen LogP contribution is -2.38. The van der Waals surface area contributed by atoms with Crippen LogP contribution in [0.2, 0.25) is 0 Å². The van der Waals surface area contributed by atoms with Gasteiger partial charge in [0.2, 0.25) is 0 Å². The molecule has 1 aromatic carbocycles. The zero-order valence-corrected chi connectivity index (χ0v) is 10.1. The van der Waals surface area contributed by atoms with Crippen LogP contribution in [0.15, 0.2) is 24.3 Å². The standard InChI is InChI=1S/C15H19NO/c17-15-13-9-5-4-8-12(13)14(10-16-15)11-6-2-1-3-7-11/h4-5,8-9,11,14H,1-3,6-7,10H2,(H,16,17)/t14-/m0/s1. The molecule has 0 radical (unpaired) electrons. The highest BCUT2D eigenvalue weighted by atomic mass is 16.1. The maximum Gasteiger partial charge on any atom is 0.251 e. The molecule has 0 spiro atoms. The van der Waals surface area contributed by atoms with E-state index in [1.807, 2.05) is 12.1 Å². The molecule has 1 fully saturated rings. The van der Waals surface area contributed by atoms with E-state index < -0.39 is 0 Å². The molecule has 17 heavy (non-hydrogen) atoms. The molecular weight excluding hydrogens is 210 g/mol. The van der Waals surface area contributed by atoms with Gasteiger partial charge in [-0.25, -0.2) is 0 Å². The number of amides is 1. The lowest BCUT2D eigenvalue weighted by atomic mass is 9.74.